The van der Waals surface area contributed by atoms with E-state index in [1.54, 1.807) is 0 Å². The van der Waals surface area contributed by atoms with Crippen LogP contribution in [0.25, 0.3) is 0 Å². The Morgan fingerprint density at radius 2 is 2.16 bits per heavy atom. The molecule has 0 radical (unpaired) electrons. The Hall–Kier alpha value is -1.93. The second-order valence-corrected chi connectivity index (χ2v) is 4.93. The third-order valence-electron chi connectivity index (χ3n) is 2.66. The lowest BCUT2D eigenvalue weighted by Crippen LogP contribution is -2.25. The molecule has 0 bridgehead atoms. The van der Waals surface area contributed by atoms with Crippen molar-refractivity contribution in [1.82, 2.24) is 0 Å². The van der Waals surface area contributed by atoms with E-state index in [2.05, 4.69) is 10.1 Å². The molecular formula is C11H12N2O5S. The van der Waals surface area contributed by atoms with Crippen LogP contribution in [0.2, 0.25) is 0 Å². The van der Waals surface area contributed by atoms with E-state index >= 15 is 0 Å². The van der Waals surface area contributed by atoms with Gasteiger partial charge in [-0.25, -0.2) is 4.79 Å². The Labute approximate surface area is 112 Å². The molecule has 0 atom stereocenters. The van der Waals surface area contributed by atoms with E-state index in [4.69, 9.17) is 10.5 Å². The van der Waals surface area contributed by atoms with Crippen molar-refractivity contribution in [2.45, 2.75) is 13.0 Å². The number of nitrogens with two attached hydrogens (primary N) is 1. The van der Waals surface area contributed by atoms with Gasteiger partial charge in [0, 0.05) is 4.88 Å². The lowest BCUT2D eigenvalue weighted by Gasteiger charge is -2.12. The highest BCUT2D eigenvalue weighted by Crippen LogP contribution is 2.36. The van der Waals surface area contributed by atoms with Gasteiger partial charge in [-0.1, -0.05) is 0 Å². The first-order chi connectivity index (χ1) is 9.04. The van der Waals surface area contributed by atoms with Crippen LogP contribution in [0.5, 0.6) is 0 Å². The van der Waals surface area contributed by atoms with Gasteiger partial charge in [-0.2, -0.15) is 0 Å². The number of primary amides is 1. The molecule has 19 heavy (non-hydrogen) atoms. The molecule has 0 spiro atoms. The number of anilines is 1. The first-order valence-corrected chi connectivity index (χ1v) is 6.27. The van der Waals surface area contributed by atoms with E-state index in [1.165, 1.54) is 11.3 Å². The molecule has 0 aromatic carbocycles. The van der Waals surface area contributed by atoms with Crippen LogP contribution in [0.1, 0.15) is 20.8 Å². The highest BCUT2D eigenvalue weighted by Gasteiger charge is 2.26. The maximum absolute atomic E-state index is 11.5. The maximum Gasteiger partial charge on any atom is 0.396 e. The van der Waals surface area contributed by atoms with E-state index in [1.807, 2.05) is 0 Å². The normalized spacial score (nSPS) is 13.5. The van der Waals surface area contributed by atoms with Gasteiger partial charge in [0.25, 0.3) is 5.91 Å². The molecular weight excluding hydrogens is 272 g/mol. The first kappa shape index (κ1) is 13.5. The minimum Gasteiger partial charge on any atom is -0.462 e. The number of carbonyl (C=O) groups is 3. The summed E-state index contributed by atoms with van der Waals surface area (Å²) in [6.07, 6.45) is 0.554. The number of carbonyl (C=O) groups excluding carboxylic acids is 3. The number of amides is 2. The predicted molar refractivity (Wildman–Crippen MR) is 66.8 cm³/mol. The van der Waals surface area contributed by atoms with Gasteiger partial charge in [-0.15, -0.1) is 11.3 Å². The predicted octanol–water partition coefficient (Wildman–Crippen LogP) is 0.0312. The van der Waals surface area contributed by atoms with Crippen LogP contribution >= 0.6 is 11.3 Å². The van der Waals surface area contributed by atoms with Crippen molar-refractivity contribution < 1.29 is 23.9 Å². The minimum absolute atomic E-state index is 0.251. The van der Waals surface area contributed by atoms with Gasteiger partial charge < -0.3 is 20.5 Å². The third kappa shape index (κ3) is 2.59. The fraction of sp³-hybridized carbons (Fsp3) is 0.364. The summed E-state index contributed by atoms with van der Waals surface area (Å²) in [6.45, 7) is 0.864. The largest absolute Gasteiger partial charge is 0.462 e. The molecule has 0 fully saturated rings. The summed E-state index contributed by atoms with van der Waals surface area (Å²) in [5.41, 5.74) is 6.36. The average Bonchev–Trinajstić information content (AvgIpc) is 2.75. The van der Waals surface area contributed by atoms with Crippen molar-refractivity contribution in [3.63, 3.8) is 0 Å². The molecule has 1 aliphatic heterocycles. The smallest absolute Gasteiger partial charge is 0.396 e. The molecule has 8 heteroatoms. The summed E-state index contributed by atoms with van der Waals surface area (Å²) in [5, 5.41) is 2.61. The lowest BCUT2D eigenvalue weighted by atomic mass is 10.1. The van der Waals surface area contributed by atoms with E-state index in [0.29, 0.717) is 19.6 Å². The zero-order chi connectivity index (χ0) is 14.0. The summed E-state index contributed by atoms with van der Waals surface area (Å²) < 4.78 is 9.57. The molecule has 2 rings (SSSR count). The molecule has 0 saturated carbocycles. The van der Waals surface area contributed by atoms with Gasteiger partial charge >= 0.3 is 11.9 Å². The van der Waals surface area contributed by atoms with Crippen molar-refractivity contribution in [3.05, 3.63) is 16.0 Å². The van der Waals surface area contributed by atoms with Crippen molar-refractivity contribution >= 4 is 34.1 Å². The Morgan fingerprint density at radius 1 is 1.42 bits per heavy atom. The standard InChI is InChI=1S/C11H12N2O5S/c1-17-11(16)9(15)13-10-7(8(12)14)5-2-3-18-4-6(5)19-10/h2-4H2,1H3,(H2,12,14)(H,13,15). The number of thiophene rings is 1. The summed E-state index contributed by atoms with van der Waals surface area (Å²) >= 11 is 1.18. The molecule has 0 aliphatic carbocycles. The quantitative estimate of drug-likeness (QED) is 0.588. The summed E-state index contributed by atoms with van der Waals surface area (Å²) in [7, 11) is 1.10. The van der Waals surface area contributed by atoms with Gasteiger partial charge in [-0.3, -0.25) is 9.59 Å². The van der Waals surface area contributed by atoms with E-state index in [9.17, 15) is 14.4 Å². The molecule has 2 heterocycles. The molecule has 7 nitrogen and oxygen atoms in total. The second kappa shape index (κ2) is 5.37. The van der Waals surface area contributed by atoms with Crippen molar-refractivity contribution in [3.8, 4) is 0 Å². The summed E-state index contributed by atoms with van der Waals surface area (Å²) in [4.78, 5) is 34.9. The van der Waals surface area contributed by atoms with E-state index in [-0.39, 0.29) is 10.6 Å². The zero-order valence-electron chi connectivity index (χ0n) is 10.1. The molecule has 1 aliphatic rings. The van der Waals surface area contributed by atoms with Crippen molar-refractivity contribution in [1.29, 1.82) is 0 Å². The fourth-order valence-electron chi connectivity index (χ4n) is 1.83. The Morgan fingerprint density at radius 3 is 2.79 bits per heavy atom. The number of nitrogens with one attached hydrogen (secondary N) is 1. The SMILES string of the molecule is COC(=O)C(=O)Nc1sc2c(c1C(N)=O)CCOC2. The number of hydrogen-bond donors (Lipinski definition) is 2. The molecule has 2 amide bonds. The van der Waals surface area contributed by atoms with E-state index in [0.717, 1.165) is 17.6 Å². The first-order valence-electron chi connectivity index (χ1n) is 5.46. The Bertz CT molecular complexity index is 552. The molecule has 1 aromatic rings. The second-order valence-electron chi connectivity index (χ2n) is 3.82. The van der Waals surface area contributed by atoms with Crippen LogP contribution in [0, 0.1) is 0 Å². The lowest BCUT2D eigenvalue weighted by molar-refractivity contribution is -0.150. The number of fused-ring (bicyclic) bond motifs is 1. The van der Waals surface area contributed by atoms with Gasteiger partial charge in [0.1, 0.15) is 5.00 Å². The van der Waals surface area contributed by atoms with Gasteiger partial charge in [-0.05, 0) is 12.0 Å². The monoisotopic (exact) mass is 284 g/mol. The maximum atomic E-state index is 11.5. The van der Waals surface area contributed by atoms with Crippen LogP contribution in [0.3, 0.4) is 0 Å². The number of hydrogen-bond acceptors (Lipinski definition) is 6. The fourth-order valence-corrected chi connectivity index (χ4v) is 3.01. The number of ether oxygens (including phenoxy) is 2. The average molecular weight is 284 g/mol. The van der Waals surface area contributed by atoms with Gasteiger partial charge in [0.2, 0.25) is 0 Å². The number of esters is 1. The molecule has 0 unspecified atom stereocenters. The number of methoxy groups -OCH3 is 1. The van der Waals surface area contributed by atoms with E-state index < -0.39 is 17.8 Å². The number of rotatable bonds is 2. The van der Waals surface area contributed by atoms with Gasteiger partial charge in [0.05, 0.1) is 25.9 Å². The highest BCUT2D eigenvalue weighted by molar-refractivity contribution is 7.17. The Kier molecular flexibility index (Phi) is 3.82. The van der Waals surface area contributed by atoms with Crippen LogP contribution in [-0.4, -0.2) is 31.5 Å². The minimum atomic E-state index is -1.03. The highest BCUT2D eigenvalue weighted by atomic mass is 32.1. The van der Waals surface area contributed by atoms with Crippen LogP contribution in [-0.2, 0) is 32.1 Å². The molecule has 0 saturated heterocycles. The molecule has 102 valence electrons. The van der Waals surface area contributed by atoms with Gasteiger partial charge in [0.15, 0.2) is 0 Å². The third-order valence-corrected chi connectivity index (χ3v) is 3.79. The summed E-state index contributed by atoms with van der Waals surface area (Å²) in [5.74, 6) is -2.61. The molecule has 3 N–H and O–H groups in total. The van der Waals surface area contributed by atoms with Crippen molar-refractivity contribution in [2.24, 2.45) is 5.73 Å². The Balaban J connectivity index is 2.35. The zero-order valence-corrected chi connectivity index (χ0v) is 11.0. The topological polar surface area (TPSA) is 108 Å². The van der Waals surface area contributed by atoms with Crippen LogP contribution in [0.4, 0.5) is 5.00 Å². The van der Waals surface area contributed by atoms with Crippen LogP contribution in [0.15, 0.2) is 0 Å². The van der Waals surface area contributed by atoms with Crippen molar-refractivity contribution in [2.75, 3.05) is 19.0 Å². The summed E-state index contributed by atoms with van der Waals surface area (Å²) in [6, 6.07) is 0. The van der Waals surface area contributed by atoms with Crippen LogP contribution < -0.4 is 11.1 Å². The molecule has 1 aromatic heterocycles.